The number of carbonyl (C=O) groups is 1. The van der Waals surface area contributed by atoms with Crippen LogP contribution < -0.4 is 15.5 Å². The lowest BCUT2D eigenvalue weighted by atomic mass is 10.2. The molecule has 1 saturated heterocycles. The van der Waals surface area contributed by atoms with Crippen molar-refractivity contribution in [1.29, 1.82) is 0 Å². The minimum atomic E-state index is 0. The monoisotopic (exact) mass is 533 g/mol. The van der Waals surface area contributed by atoms with Crippen LogP contribution in [0.15, 0.2) is 71.0 Å². The first kappa shape index (κ1) is 22.2. The standard InChI is InChI=1S/C22H23N5OS.HI/c1-23-22(24-13-20-26-19(15-29-20)16-8-4-2-5-9-16)25-17-12-21(28)27(14-17)18-10-6-3-7-11-18;/h2-11,15,17H,12-14H2,1H3,(H2,23,24,25);1H. The number of nitrogens with one attached hydrogen (secondary N) is 2. The van der Waals surface area contributed by atoms with Crippen LogP contribution in [0.4, 0.5) is 5.69 Å². The Hall–Kier alpha value is -2.46. The van der Waals surface area contributed by atoms with E-state index in [-0.39, 0.29) is 35.9 Å². The molecule has 2 N–H and O–H groups in total. The van der Waals surface area contributed by atoms with Gasteiger partial charge in [-0.25, -0.2) is 4.98 Å². The van der Waals surface area contributed by atoms with Gasteiger partial charge in [0.2, 0.25) is 5.91 Å². The third-order valence-corrected chi connectivity index (χ3v) is 5.63. The number of para-hydroxylation sites is 1. The van der Waals surface area contributed by atoms with Gasteiger partial charge in [0.1, 0.15) is 5.01 Å². The van der Waals surface area contributed by atoms with E-state index in [1.165, 1.54) is 0 Å². The van der Waals surface area contributed by atoms with Crippen LogP contribution in [0.1, 0.15) is 11.4 Å². The average Bonchev–Trinajstić information content (AvgIpc) is 3.39. The van der Waals surface area contributed by atoms with Crippen molar-refractivity contribution >= 4 is 52.9 Å². The van der Waals surface area contributed by atoms with E-state index in [9.17, 15) is 4.79 Å². The Bertz CT molecular complexity index is 993. The maximum atomic E-state index is 12.4. The number of hydrogen-bond donors (Lipinski definition) is 2. The summed E-state index contributed by atoms with van der Waals surface area (Å²) in [6, 6.07) is 19.9. The molecule has 0 bridgehead atoms. The van der Waals surface area contributed by atoms with Crippen molar-refractivity contribution in [2.24, 2.45) is 4.99 Å². The van der Waals surface area contributed by atoms with Gasteiger partial charge in [0.15, 0.2) is 5.96 Å². The van der Waals surface area contributed by atoms with Crippen molar-refractivity contribution in [2.45, 2.75) is 19.0 Å². The Morgan fingerprint density at radius 3 is 2.57 bits per heavy atom. The lowest BCUT2D eigenvalue weighted by Crippen LogP contribution is -2.44. The van der Waals surface area contributed by atoms with Crippen LogP contribution in [-0.4, -0.2) is 36.5 Å². The second-order valence-corrected chi connectivity index (χ2v) is 7.75. The summed E-state index contributed by atoms with van der Waals surface area (Å²) in [4.78, 5) is 23.2. The van der Waals surface area contributed by atoms with Gasteiger partial charge in [0.05, 0.1) is 18.3 Å². The van der Waals surface area contributed by atoms with Gasteiger partial charge in [-0.15, -0.1) is 35.3 Å². The van der Waals surface area contributed by atoms with Crippen molar-refractivity contribution in [3.05, 3.63) is 71.1 Å². The SMILES string of the molecule is CN=C(NCc1nc(-c2ccccc2)cs1)NC1CC(=O)N(c2ccccc2)C1.I. The van der Waals surface area contributed by atoms with Crippen LogP contribution in [-0.2, 0) is 11.3 Å². The van der Waals surface area contributed by atoms with E-state index in [1.807, 2.05) is 53.4 Å². The van der Waals surface area contributed by atoms with Crippen molar-refractivity contribution in [1.82, 2.24) is 15.6 Å². The molecular weight excluding hydrogens is 509 g/mol. The highest BCUT2D eigenvalue weighted by Gasteiger charge is 2.31. The maximum Gasteiger partial charge on any atom is 0.229 e. The first-order valence-electron chi connectivity index (χ1n) is 9.55. The van der Waals surface area contributed by atoms with E-state index >= 15 is 0 Å². The number of benzene rings is 2. The Labute approximate surface area is 197 Å². The van der Waals surface area contributed by atoms with Gasteiger partial charge in [-0.3, -0.25) is 9.79 Å². The predicted octanol–water partition coefficient (Wildman–Crippen LogP) is 3.90. The van der Waals surface area contributed by atoms with Crippen molar-refractivity contribution in [2.75, 3.05) is 18.5 Å². The van der Waals surface area contributed by atoms with Crippen LogP contribution in [0.3, 0.4) is 0 Å². The van der Waals surface area contributed by atoms with Gasteiger partial charge >= 0.3 is 0 Å². The molecule has 8 heteroatoms. The number of hydrogen-bond acceptors (Lipinski definition) is 4. The number of thiazole rings is 1. The highest BCUT2D eigenvalue weighted by molar-refractivity contribution is 14.0. The summed E-state index contributed by atoms with van der Waals surface area (Å²) in [5, 5.41) is 9.71. The third kappa shape index (κ3) is 5.37. The molecule has 4 rings (SSSR count). The van der Waals surface area contributed by atoms with Gasteiger partial charge < -0.3 is 15.5 Å². The Morgan fingerprint density at radius 1 is 1.17 bits per heavy atom. The number of aromatic nitrogens is 1. The number of halogens is 1. The quantitative estimate of drug-likeness (QED) is 0.297. The number of amides is 1. The van der Waals surface area contributed by atoms with E-state index in [0.717, 1.165) is 22.0 Å². The van der Waals surface area contributed by atoms with E-state index in [0.29, 0.717) is 25.5 Å². The molecule has 0 spiro atoms. The van der Waals surface area contributed by atoms with Crippen LogP contribution in [0.25, 0.3) is 11.3 Å². The Morgan fingerprint density at radius 2 is 1.87 bits per heavy atom. The molecule has 1 aliphatic rings. The molecule has 1 fully saturated rings. The molecule has 1 aliphatic heterocycles. The Kier molecular flexibility index (Phi) is 7.81. The lowest BCUT2D eigenvalue weighted by Gasteiger charge is -2.18. The van der Waals surface area contributed by atoms with Gasteiger partial charge in [0.25, 0.3) is 0 Å². The molecule has 156 valence electrons. The maximum absolute atomic E-state index is 12.4. The van der Waals surface area contributed by atoms with Gasteiger partial charge in [-0.05, 0) is 12.1 Å². The van der Waals surface area contributed by atoms with E-state index in [4.69, 9.17) is 4.98 Å². The summed E-state index contributed by atoms with van der Waals surface area (Å²) >= 11 is 1.62. The molecule has 1 aromatic heterocycles. The number of aliphatic imine (C=N–C) groups is 1. The van der Waals surface area contributed by atoms with Crippen LogP contribution in [0, 0.1) is 0 Å². The minimum absolute atomic E-state index is 0. The molecule has 0 saturated carbocycles. The van der Waals surface area contributed by atoms with Gasteiger partial charge in [-0.2, -0.15) is 0 Å². The second-order valence-electron chi connectivity index (χ2n) is 6.80. The summed E-state index contributed by atoms with van der Waals surface area (Å²) < 4.78 is 0. The highest BCUT2D eigenvalue weighted by Crippen LogP contribution is 2.22. The molecule has 1 amide bonds. The van der Waals surface area contributed by atoms with Crippen LogP contribution in [0.5, 0.6) is 0 Å². The molecule has 2 aromatic carbocycles. The molecule has 2 heterocycles. The van der Waals surface area contributed by atoms with Gasteiger partial charge in [0, 0.05) is 36.6 Å². The molecule has 0 aliphatic carbocycles. The molecule has 6 nitrogen and oxygen atoms in total. The summed E-state index contributed by atoms with van der Waals surface area (Å²) in [6.07, 6.45) is 0.449. The zero-order chi connectivity index (χ0) is 20.1. The first-order chi connectivity index (χ1) is 14.2. The highest BCUT2D eigenvalue weighted by atomic mass is 127. The van der Waals surface area contributed by atoms with Crippen LogP contribution >= 0.6 is 35.3 Å². The normalized spacial score (nSPS) is 16.3. The molecule has 1 unspecified atom stereocenters. The molecule has 3 aromatic rings. The molecule has 0 radical (unpaired) electrons. The molecule has 1 atom stereocenters. The fourth-order valence-corrected chi connectivity index (χ4v) is 4.09. The van der Waals surface area contributed by atoms with Gasteiger partial charge in [-0.1, -0.05) is 48.5 Å². The number of carbonyl (C=O) groups excluding carboxylic acids is 1. The lowest BCUT2D eigenvalue weighted by molar-refractivity contribution is -0.117. The summed E-state index contributed by atoms with van der Waals surface area (Å²) in [5.41, 5.74) is 3.03. The Balaban J connectivity index is 0.00000256. The third-order valence-electron chi connectivity index (χ3n) is 4.79. The minimum Gasteiger partial charge on any atom is -0.351 e. The van der Waals surface area contributed by atoms with E-state index in [1.54, 1.807) is 18.4 Å². The summed E-state index contributed by atoms with van der Waals surface area (Å²) in [7, 11) is 1.73. The first-order valence-corrected chi connectivity index (χ1v) is 10.4. The number of guanidine groups is 1. The van der Waals surface area contributed by atoms with E-state index < -0.39 is 0 Å². The number of rotatable bonds is 5. The van der Waals surface area contributed by atoms with E-state index in [2.05, 4.69) is 33.1 Å². The fraction of sp³-hybridized carbons (Fsp3) is 0.227. The predicted molar refractivity (Wildman–Crippen MR) is 133 cm³/mol. The summed E-state index contributed by atoms with van der Waals surface area (Å²) in [5.74, 6) is 0.797. The fourth-order valence-electron chi connectivity index (χ4n) is 3.34. The van der Waals surface area contributed by atoms with Crippen molar-refractivity contribution < 1.29 is 4.79 Å². The van der Waals surface area contributed by atoms with Crippen molar-refractivity contribution in [3.63, 3.8) is 0 Å². The topological polar surface area (TPSA) is 69.6 Å². The largest absolute Gasteiger partial charge is 0.351 e. The smallest absolute Gasteiger partial charge is 0.229 e. The zero-order valence-electron chi connectivity index (χ0n) is 16.6. The average molecular weight is 533 g/mol. The molecular formula is C22H24IN5OS. The second kappa shape index (κ2) is 10.5. The number of nitrogens with zero attached hydrogens (tertiary/aromatic N) is 3. The van der Waals surface area contributed by atoms with Crippen molar-refractivity contribution in [3.8, 4) is 11.3 Å². The van der Waals surface area contributed by atoms with Crippen LogP contribution in [0.2, 0.25) is 0 Å². The number of anilines is 1. The molecule has 30 heavy (non-hydrogen) atoms. The zero-order valence-corrected chi connectivity index (χ0v) is 19.8. The summed E-state index contributed by atoms with van der Waals surface area (Å²) in [6.45, 7) is 1.21.